The Balaban J connectivity index is 0.924. The second-order valence-electron chi connectivity index (χ2n) is 13.3. The number of aliphatic imine (C=N–C) groups is 1. The third kappa shape index (κ3) is 7.35. The van der Waals surface area contributed by atoms with Crippen LogP contribution < -0.4 is 15.4 Å². The second-order valence-corrected chi connectivity index (χ2v) is 13.3. The van der Waals surface area contributed by atoms with Crippen molar-refractivity contribution in [1.82, 2.24) is 14.0 Å². The lowest BCUT2D eigenvalue weighted by Gasteiger charge is -2.32. The van der Waals surface area contributed by atoms with E-state index in [2.05, 4.69) is 15.6 Å². The molecule has 5 aromatic rings. The number of amides is 3. The predicted octanol–water partition coefficient (Wildman–Crippen LogP) is 7.77. The first-order valence-corrected chi connectivity index (χ1v) is 17.5. The van der Waals surface area contributed by atoms with E-state index in [9.17, 15) is 14.4 Å². The maximum Gasteiger partial charge on any atom is 0.272 e. The molecule has 1 atom stereocenters. The lowest BCUT2D eigenvalue weighted by molar-refractivity contribution is -0.116. The predicted molar refractivity (Wildman–Crippen MR) is 201 cm³/mol. The molecule has 10 nitrogen and oxygen atoms in total. The zero-order valence-corrected chi connectivity index (χ0v) is 29.2. The molecule has 0 saturated carbocycles. The van der Waals surface area contributed by atoms with Crippen LogP contribution in [0.25, 0.3) is 22.4 Å². The van der Waals surface area contributed by atoms with Crippen LogP contribution in [0.2, 0.25) is 0 Å². The van der Waals surface area contributed by atoms with E-state index in [1.54, 1.807) is 0 Å². The van der Waals surface area contributed by atoms with Gasteiger partial charge >= 0.3 is 0 Å². The topological polar surface area (TPSA) is 110 Å². The SMILES string of the molecule is Cc1cc2c(cc1OCCCC(=O)Nc1cc(-c3ccc(-c4cc(C(=O)Nc5ccccc5)n(C)c4)cc3)n(C)c1)N=C[C@@H]1CCCCN1C2=O. The maximum atomic E-state index is 13.2. The Hall–Kier alpha value is -5.90. The zero-order chi connectivity index (χ0) is 35.5. The first-order chi connectivity index (χ1) is 24.7. The fourth-order valence-corrected chi connectivity index (χ4v) is 6.85. The number of aryl methyl sites for hydroxylation is 3. The molecule has 0 unspecified atom stereocenters. The van der Waals surface area contributed by atoms with Gasteiger partial charge in [0.1, 0.15) is 11.4 Å². The number of nitrogens with one attached hydrogen (secondary N) is 2. The Labute approximate surface area is 297 Å². The molecule has 2 N–H and O–H groups in total. The van der Waals surface area contributed by atoms with Crippen molar-refractivity contribution in [3.63, 3.8) is 0 Å². The number of hydrogen-bond donors (Lipinski definition) is 2. The minimum atomic E-state index is -0.165. The van der Waals surface area contributed by atoms with Gasteiger partial charge in [0.25, 0.3) is 11.8 Å². The largest absolute Gasteiger partial charge is 0.493 e. The van der Waals surface area contributed by atoms with Crippen LogP contribution in [0.1, 0.15) is 58.5 Å². The first-order valence-electron chi connectivity index (χ1n) is 17.5. The van der Waals surface area contributed by atoms with Crippen molar-refractivity contribution >= 4 is 41.0 Å². The van der Waals surface area contributed by atoms with Gasteiger partial charge in [-0.05, 0) is 79.6 Å². The summed E-state index contributed by atoms with van der Waals surface area (Å²) >= 11 is 0. The highest BCUT2D eigenvalue weighted by Gasteiger charge is 2.30. The molecule has 7 rings (SSSR count). The van der Waals surface area contributed by atoms with E-state index in [0.29, 0.717) is 42.1 Å². The average molecular weight is 683 g/mol. The first kappa shape index (κ1) is 33.6. The Morgan fingerprint density at radius 2 is 1.65 bits per heavy atom. The molecule has 2 aliphatic heterocycles. The van der Waals surface area contributed by atoms with Gasteiger partial charge in [0.05, 0.1) is 29.6 Å². The van der Waals surface area contributed by atoms with Gasteiger partial charge in [-0.1, -0.05) is 42.5 Å². The van der Waals surface area contributed by atoms with Crippen LogP contribution in [0.4, 0.5) is 17.1 Å². The minimum absolute atomic E-state index is 0.0345. The highest BCUT2D eigenvalue weighted by atomic mass is 16.5. The van der Waals surface area contributed by atoms with Gasteiger partial charge in [0.15, 0.2) is 0 Å². The molecule has 0 bridgehead atoms. The molecule has 3 aromatic carbocycles. The van der Waals surface area contributed by atoms with Crippen molar-refractivity contribution < 1.29 is 19.1 Å². The Morgan fingerprint density at radius 1 is 0.863 bits per heavy atom. The monoisotopic (exact) mass is 682 g/mol. The summed E-state index contributed by atoms with van der Waals surface area (Å²) in [5, 5.41) is 5.96. The molecule has 3 amide bonds. The number of aromatic nitrogens is 2. The minimum Gasteiger partial charge on any atom is -0.493 e. The highest BCUT2D eigenvalue weighted by Crippen LogP contribution is 2.34. The van der Waals surface area contributed by atoms with Crippen molar-refractivity contribution in [3.05, 3.63) is 108 Å². The highest BCUT2D eigenvalue weighted by molar-refractivity contribution is 6.04. The molecular formula is C41H42N6O4. The molecule has 2 aromatic heterocycles. The zero-order valence-electron chi connectivity index (χ0n) is 29.2. The molecule has 51 heavy (non-hydrogen) atoms. The Kier molecular flexibility index (Phi) is 9.57. The standard InChI is InChI=1S/C41H42N6O4/c1-27-20-34-35(42-24-33-12-7-8-18-47(33)41(34)50)23-38(27)51-19-9-13-39(48)43-32-22-36(46(3)26-32)29-16-14-28(15-17-29)30-21-37(45(2)25-30)40(49)44-31-10-5-4-6-11-31/h4-6,10-11,14-17,20-26,33H,7-9,12-13,18-19H2,1-3H3,(H,43,48)(H,44,49)/t33-/m0/s1. The Bertz CT molecular complexity index is 2110. The number of nitrogens with zero attached hydrogens (tertiary/aromatic N) is 4. The number of piperidine rings is 1. The fourth-order valence-electron chi connectivity index (χ4n) is 6.85. The lowest BCUT2D eigenvalue weighted by Crippen LogP contribution is -2.43. The van der Waals surface area contributed by atoms with E-state index in [0.717, 1.165) is 65.1 Å². The summed E-state index contributed by atoms with van der Waals surface area (Å²) in [5.74, 6) is 0.459. The molecule has 1 fully saturated rings. The van der Waals surface area contributed by atoms with E-state index in [4.69, 9.17) is 4.74 Å². The summed E-state index contributed by atoms with van der Waals surface area (Å²) in [6, 6.07) is 25.2. The molecule has 0 spiro atoms. The van der Waals surface area contributed by atoms with Gasteiger partial charge in [-0.2, -0.15) is 0 Å². The van der Waals surface area contributed by atoms with Gasteiger partial charge in [-0.3, -0.25) is 19.4 Å². The number of carbonyl (C=O) groups is 3. The quantitative estimate of drug-likeness (QED) is 0.147. The van der Waals surface area contributed by atoms with E-state index < -0.39 is 0 Å². The number of ether oxygens (including phenoxy) is 1. The Morgan fingerprint density at radius 3 is 2.45 bits per heavy atom. The molecule has 4 heterocycles. The van der Waals surface area contributed by atoms with Crippen LogP contribution in [0, 0.1) is 6.92 Å². The average Bonchev–Trinajstić information content (AvgIpc) is 3.67. The van der Waals surface area contributed by atoms with Gasteiger partial charge < -0.3 is 29.4 Å². The number of anilines is 2. The van der Waals surface area contributed by atoms with E-state index in [1.165, 1.54) is 0 Å². The normalized spacial score (nSPS) is 15.2. The van der Waals surface area contributed by atoms with Crippen molar-refractivity contribution in [2.45, 2.75) is 45.1 Å². The van der Waals surface area contributed by atoms with Crippen LogP contribution in [0.15, 0.2) is 96.2 Å². The summed E-state index contributed by atoms with van der Waals surface area (Å²) in [7, 11) is 3.82. The van der Waals surface area contributed by atoms with Crippen LogP contribution in [0.5, 0.6) is 5.75 Å². The number of benzene rings is 3. The number of rotatable bonds is 10. The van der Waals surface area contributed by atoms with Crippen molar-refractivity contribution in [1.29, 1.82) is 0 Å². The van der Waals surface area contributed by atoms with Crippen molar-refractivity contribution in [2.75, 3.05) is 23.8 Å². The van der Waals surface area contributed by atoms with Gasteiger partial charge in [-0.15, -0.1) is 0 Å². The number of fused-ring (bicyclic) bond motifs is 2. The smallest absolute Gasteiger partial charge is 0.272 e. The molecule has 2 aliphatic rings. The fraction of sp³-hybridized carbons (Fsp3) is 0.268. The van der Waals surface area contributed by atoms with Crippen LogP contribution in [-0.4, -0.2) is 57.2 Å². The molecule has 0 aliphatic carbocycles. The molecular weight excluding hydrogens is 640 g/mol. The number of hydrogen-bond acceptors (Lipinski definition) is 5. The third-order valence-corrected chi connectivity index (χ3v) is 9.60. The second kappa shape index (κ2) is 14.5. The number of para-hydroxylation sites is 1. The van der Waals surface area contributed by atoms with Crippen LogP contribution in [0.3, 0.4) is 0 Å². The van der Waals surface area contributed by atoms with Gasteiger partial charge in [0, 0.05) is 68.7 Å². The van der Waals surface area contributed by atoms with Crippen LogP contribution in [-0.2, 0) is 18.9 Å². The van der Waals surface area contributed by atoms with Gasteiger partial charge in [0.2, 0.25) is 5.91 Å². The van der Waals surface area contributed by atoms with Crippen LogP contribution >= 0.6 is 0 Å². The summed E-state index contributed by atoms with van der Waals surface area (Å²) in [6.07, 6.45) is 9.66. The summed E-state index contributed by atoms with van der Waals surface area (Å²) in [4.78, 5) is 45.5. The van der Waals surface area contributed by atoms with Gasteiger partial charge in [-0.25, -0.2) is 0 Å². The lowest BCUT2D eigenvalue weighted by atomic mass is 10.0. The van der Waals surface area contributed by atoms with Crippen molar-refractivity contribution in [3.8, 4) is 28.1 Å². The third-order valence-electron chi connectivity index (χ3n) is 9.60. The van der Waals surface area contributed by atoms with E-state index in [-0.39, 0.29) is 23.8 Å². The summed E-state index contributed by atoms with van der Waals surface area (Å²) < 4.78 is 9.88. The molecule has 10 heteroatoms. The molecule has 1 saturated heterocycles. The maximum absolute atomic E-state index is 13.2. The number of carbonyl (C=O) groups excluding carboxylic acids is 3. The summed E-state index contributed by atoms with van der Waals surface area (Å²) in [5.41, 5.74) is 8.09. The van der Waals surface area contributed by atoms with Crippen molar-refractivity contribution in [2.24, 2.45) is 19.1 Å². The molecule has 260 valence electrons. The van der Waals surface area contributed by atoms with E-state index >= 15 is 0 Å². The van der Waals surface area contributed by atoms with E-state index in [1.807, 2.05) is 133 Å². The summed E-state index contributed by atoms with van der Waals surface area (Å²) in [6.45, 7) is 3.07. The molecule has 0 radical (unpaired) electrons.